The van der Waals surface area contributed by atoms with Gasteiger partial charge in [0.05, 0.1) is 18.1 Å². The first kappa shape index (κ1) is 15.1. The van der Waals surface area contributed by atoms with Gasteiger partial charge in [0.2, 0.25) is 0 Å². The molecule has 0 aliphatic heterocycles. The van der Waals surface area contributed by atoms with Crippen LogP contribution in [0.3, 0.4) is 0 Å². The van der Waals surface area contributed by atoms with E-state index in [1.54, 1.807) is 13.0 Å². The van der Waals surface area contributed by atoms with Crippen molar-refractivity contribution >= 4 is 11.8 Å². The molecule has 23 heavy (non-hydrogen) atoms. The van der Waals surface area contributed by atoms with E-state index in [4.69, 9.17) is 9.15 Å². The van der Waals surface area contributed by atoms with Gasteiger partial charge in [0.1, 0.15) is 22.6 Å². The van der Waals surface area contributed by atoms with Crippen LogP contribution in [0.4, 0.5) is 0 Å². The van der Waals surface area contributed by atoms with Gasteiger partial charge in [-0.15, -0.1) is 9.81 Å². The SMILES string of the molecule is COC1=CC(N=O)=C2C(N=O)=c3c(=O)cc(C)oc3=CC2(C)C1. The topological polar surface area (TPSA) is 98.3 Å². The molecule has 7 heteroatoms. The molecular formula is C16H14N2O5. The van der Waals surface area contributed by atoms with Crippen LogP contribution in [-0.2, 0) is 4.74 Å². The molecule has 0 radical (unpaired) electrons. The third-order valence-electron chi connectivity index (χ3n) is 4.14. The number of methoxy groups -OCH3 is 1. The Labute approximate surface area is 130 Å². The minimum absolute atomic E-state index is 0.0343. The fraction of sp³-hybridized carbons (Fsp3) is 0.312. The quantitative estimate of drug-likeness (QED) is 0.789. The van der Waals surface area contributed by atoms with E-state index < -0.39 is 5.41 Å². The molecule has 0 amide bonds. The molecule has 0 bridgehead atoms. The third-order valence-corrected chi connectivity index (χ3v) is 4.14. The Morgan fingerprint density at radius 2 is 2.04 bits per heavy atom. The molecular weight excluding hydrogens is 300 g/mol. The monoisotopic (exact) mass is 314 g/mol. The standard InChI is InChI=1S/C16H14N2O5/c1-8-4-11(19)13-12(23-8)7-16(2)6-9(22-3)5-10(17-20)14(16)15(13)18-21/h4-5,7H,6H2,1-3H3. The molecule has 0 saturated heterocycles. The summed E-state index contributed by atoms with van der Waals surface area (Å²) in [7, 11) is 1.49. The van der Waals surface area contributed by atoms with Crippen LogP contribution in [0.25, 0.3) is 11.8 Å². The van der Waals surface area contributed by atoms with Crippen molar-refractivity contribution in [3.8, 4) is 0 Å². The molecule has 1 aromatic heterocycles. The van der Waals surface area contributed by atoms with E-state index in [2.05, 4.69) is 10.4 Å². The van der Waals surface area contributed by atoms with Crippen LogP contribution >= 0.6 is 0 Å². The van der Waals surface area contributed by atoms with Crippen molar-refractivity contribution in [3.63, 3.8) is 0 Å². The van der Waals surface area contributed by atoms with Gasteiger partial charge in [0.15, 0.2) is 5.43 Å². The average Bonchev–Trinajstić information content (AvgIpc) is 2.50. The van der Waals surface area contributed by atoms with Crippen LogP contribution in [0.2, 0.25) is 0 Å². The second-order valence-corrected chi connectivity index (χ2v) is 5.81. The lowest BCUT2D eigenvalue weighted by atomic mass is 9.71. The highest BCUT2D eigenvalue weighted by Crippen LogP contribution is 2.46. The summed E-state index contributed by atoms with van der Waals surface area (Å²) >= 11 is 0. The average molecular weight is 314 g/mol. The highest BCUT2D eigenvalue weighted by molar-refractivity contribution is 5.75. The number of aryl methyl sites for hydroxylation is 1. The van der Waals surface area contributed by atoms with Gasteiger partial charge in [-0.1, -0.05) is 6.92 Å². The number of rotatable bonds is 3. The van der Waals surface area contributed by atoms with Crippen molar-refractivity contribution in [2.45, 2.75) is 20.3 Å². The molecule has 1 unspecified atom stereocenters. The Hall–Kier alpha value is -2.83. The third kappa shape index (κ3) is 2.16. The zero-order valence-corrected chi connectivity index (χ0v) is 12.9. The van der Waals surface area contributed by atoms with Gasteiger partial charge in [0, 0.05) is 29.6 Å². The second-order valence-electron chi connectivity index (χ2n) is 5.81. The molecule has 118 valence electrons. The molecule has 0 fully saturated rings. The molecule has 2 aliphatic carbocycles. The van der Waals surface area contributed by atoms with Crippen LogP contribution in [-0.4, -0.2) is 7.11 Å². The minimum atomic E-state index is -0.774. The lowest BCUT2D eigenvalue weighted by Crippen LogP contribution is -2.46. The molecule has 1 heterocycles. The summed E-state index contributed by atoms with van der Waals surface area (Å²) in [5.74, 6) is 0.976. The van der Waals surface area contributed by atoms with Gasteiger partial charge in [-0.25, -0.2) is 0 Å². The Morgan fingerprint density at radius 3 is 2.65 bits per heavy atom. The maximum Gasteiger partial charge on any atom is 0.195 e. The molecule has 0 spiro atoms. The van der Waals surface area contributed by atoms with Gasteiger partial charge in [-0.05, 0) is 23.4 Å². The van der Waals surface area contributed by atoms with Crippen LogP contribution < -0.4 is 16.1 Å². The van der Waals surface area contributed by atoms with E-state index in [1.165, 1.54) is 19.3 Å². The first-order valence-corrected chi connectivity index (χ1v) is 6.98. The van der Waals surface area contributed by atoms with Crippen LogP contribution in [0.1, 0.15) is 19.1 Å². The Balaban J connectivity index is 2.54. The van der Waals surface area contributed by atoms with E-state index in [9.17, 15) is 14.6 Å². The van der Waals surface area contributed by atoms with E-state index in [0.717, 1.165) is 0 Å². The summed E-state index contributed by atoms with van der Waals surface area (Å²) in [6, 6.07) is 1.29. The number of hydrogen-bond acceptors (Lipinski definition) is 7. The van der Waals surface area contributed by atoms with Crippen molar-refractivity contribution in [2.75, 3.05) is 7.11 Å². The van der Waals surface area contributed by atoms with Crippen LogP contribution in [0, 0.1) is 22.2 Å². The largest absolute Gasteiger partial charge is 0.501 e. The first-order chi connectivity index (χ1) is 10.9. The van der Waals surface area contributed by atoms with Gasteiger partial charge in [-0.2, -0.15) is 0 Å². The summed E-state index contributed by atoms with van der Waals surface area (Å²) in [4.78, 5) is 35.0. The first-order valence-electron chi connectivity index (χ1n) is 6.98. The predicted octanol–water partition coefficient (Wildman–Crippen LogP) is 1.58. The van der Waals surface area contributed by atoms with Gasteiger partial charge in [-0.3, -0.25) is 4.79 Å². The predicted molar refractivity (Wildman–Crippen MR) is 83.3 cm³/mol. The van der Waals surface area contributed by atoms with E-state index in [1.807, 2.05) is 6.92 Å². The highest BCUT2D eigenvalue weighted by Gasteiger charge is 2.40. The molecule has 3 rings (SSSR count). The smallest absolute Gasteiger partial charge is 0.195 e. The number of allylic oxidation sites excluding steroid dienone is 2. The highest BCUT2D eigenvalue weighted by atomic mass is 16.5. The van der Waals surface area contributed by atoms with Crippen molar-refractivity contribution in [1.29, 1.82) is 0 Å². The lowest BCUT2D eigenvalue weighted by molar-refractivity contribution is 0.253. The number of nitroso groups, excluding NO2 is 2. The fourth-order valence-corrected chi connectivity index (χ4v) is 3.21. The molecule has 0 aromatic carbocycles. The molecule has 0 N–H and O–H groups in total. The van der Waals surface area contributed by atoms with Crippen molar-refractivity contribution in [2.24, 2.45) is 15.8 Å². The molecule has 0 saturated carbocycles. The molecule has 7 nitrogen and oxygen atoms in total. The number of fused-ring (bicyclic) bond motifs is 2. The van der Waals surface area contributed by atoms with Crippen molar-refractivity contribution in [1.82, 2.24) is 0 Å². The molecule has 1 atom stereocenters. The van der Waals surface area contributed by atoms with Gasteiger partial charge >= 0.3 is 0 Å². The summed E-state index contributed by atoms with van der Waals surface area (Å²) in [5.41, 5.74) is -0.614. The molecule has 1 aromatic rings. The summed E-state index contributed by atoms with van der Waals surface area (Å²) in [5, 5.41) is 6.08. The Bertz CT molecular complexity index is 967. The Morgan fingerprint density at radius 1 is 1.30 bits per heavy atom. The van der Waals surface area contributed by atoms with Crippen molar-refractivity contribution < 1.29 is 9.15 Å². The normalized spacial score (nSPS) is 22.6. The number of nitrogens with zero attached hydrogens (tertiary/aromatic N) is 2. The zero-order valence-electron chi connectivity index (χ0n) is 12.9. The summed E-state index contributed by atoms with van der Waals surface area (Å²) in [6.45, 7) is 3.47. The maximum absolute atomic E-state index is 12.3. The molecule has 2 aliphatic rings. The fourth-order valence-electron chi connectivity index (χ4n) is 3.21. The van der Waals surface area contributed by atoms with Crippen LogP contribution in [0.15, 0.2) is 48.7 Å². The van der Waals surface area contributed by atoms with E-state index >= 15 is 0 Å². The summed E-state index contributed by atoms with van der Waals surface area (Å²) in [6.07, 6.45) is 3.58. The minimum Gasteiger partial charge on any atom is -0.501 e. The van der Waals surface area contributed by atoms with E-state index in [-0.39, 0.29) is 27.5 Å². The number of ether oxygens (including phenoxy) is 1. The second kappa shape index (κ2) is 5.12. The van der Waals surface area contributed by atoms with E-state index in [0.29, 0.717) is 23.5 Å². The van der Waals surface area contributed by atoms with Gasteiger partial charge in [0.25, 0.3) is 0 Å². The van der Waals surface area contributed by atoms with Crippen molar-refractivity contribution in [3.05, 3.63) is 65.6 Å². The zero-order chi connectivity index (χ0) is 16.8. The maximum atomic E-state index is 12.3. The number of hydrogen-bond donors (Lipinski definition) is 0. The summed E-state index contributed by atoms with van der Waals surface area (Å²) < 4.78 is 10.8. The Kier molecular flexibility index (Phi) is 3.35. The van der Waals surface area contributed by atoms with Crippen LogP contribution in [0.5, 0.6) is 0 Å². The lowest BCUT2D eigenvalue weighted by Gasteiger charge is -2.34. The van der Waals surface area contributed by atoms with Gasteiger partial charge < -0.3 is 9.15 Å².